The van der Waals surface area contributed by atoms with Gasteiger partial charge in [0.1, 0.15) is 0 Å². The van der Waals surface area contributed by atoms with Crippen LogP contribution in [0.5, 0.6) is 0 Å². The van der Waals surface area contributed by atoms with Crippen LogP contribution in [-0.4, -0.2) is 17.2 Å². The van der Waals surface area contributed by atoms with Gasteiger partial charge < -0.3 is 10.0 Å². The van der Waals surface area contributed by atoms with Crippen LogP contribution in [0.15, 0.2) is 18.2 Å². The molecule has 0 atom stereocenters. The quantitative estimate of drug-likeness (QED) is 0.508. The molecule has 1 aromatic carbocycles. The minimum absolute atomic E-state index is 0.615. The molecule has 0 unspecified atom stereocenters. The van der Waals surface area contributed by atoms with Gasteiger partial charge in [0.25, 0.3) is 0 Å². The third-order valence-electron chi connectivity index (χ3n) is 3.93. The van der Waals surface area contributed by atoms with Crippen molar-refractivity contribution in [2.45, 2.75) is 71.6 Å². The third-order valence-corrected chi connectivity index (χ3v) is 3.93. The normalized spacial score (nSPS) is 10.8. The smallest absolute Gasteiger partial charge is 0.423 e. The largest absolute Gasteiger partial charge is 0.488 e. The van der Waals surface area contributed by atoms with E-state index in [4.69, 9.17) is 0 Å². The number of benzene rings is 1. The molecular weight excluding hydrogens is 247 g/mol. The summed E-state index contributed by atoms with van der Waals surface area (Å²) in [6.45, 7) is 4.19. The maximum absolute atomic E-state index is 9.19. The lowest BCUT2D eigenvalue weighted by atomic mass is 9.77. The Labute approximate surface area is 124 Å². The molecule has 0 aliphatic carbocycles. The van der Waals surface area contributed by atoms with E-state index in [2.05, 4.69) is 13.0 Å². The van der Waals surface area contributed by atoms with Gasteiger partial charge in [0, 0.05) is 0 Å². The third kappa shape index (κ3) is 6.58. The van der Waals surface area contributed by atoms with Crippen molar-refractivity contribution in [3.8, 4) is 0 Å². The van der Waals surface area contributed by atoms with Gasteiger partial charge in [0.15, 0.2) is 0 Å². The fraction of sp³-hybridized carbons (Fsp3) is 0.647. The molecule has 0 aliphatic rings. The molecule has 2 N–H and O–H groups in total. The van der Waals surface area contributed by atoms with Crippen molar-refractivity contribution < 1.29 is 10.0 Å². The lowest BCUT2D eigenvalue weighted by molar-refractivity contribution is 0.425. The van der Waals surface area contributed by atoms with E-state index in [0.29, 0.717) is 5.46 Å². The second kappa shape index (κ2) is 10.0. The van der Waals surface area contributed by atoms with Gasteiger partial charge in [-0.25, -0.2) is 0 Å². The van der Waals surface area contributed by atoms with Crippen LogP contribution < -0.4 is 5.46 Å². The van der Waals surface area contributed by atoms with Crippen molar-refractivity contribution in [1.29, 1.82) is 0 Å². The molecule has 0 spiro atoms. The van der Waals surface area contributed by atoms with Crippen molar-refractivity contribution in [3.05, 3.63) is 29.3 Å². The topological polar surface area (TPSA) is 40.5 Å². The van der Waals surface area contributed by atoms with Crippen molar-refractivity contribution in [2.24, 2.45) is 0 Å². The molecule has 0 saturated heterocycles. The van der Waals surface area contributed by atoms with Crippen molar-refractivity contribution in [1.82, 2.24) is 0 Å². The molecule has 2 nitrogen and oxygen atoms in total. The Bertz CT molecular complexity index is 377. The molecule has 112 valence electrons. The summed E-state index contributed by atoms with van der Waals surface area (Å²) in [5, 5.41) is 18.4. The van der Waals surface area contributed by atoms with Gasteiger partial charge in [-0.15, -0.1) is 0 Å². The summed E-state index contributed by atoms with van der Waals surface area (Å²) < 4.78 is 0. The molecule has 1 rings (SSSR count). The van der Waals surface area contributed by atoms with Gasteiger partial charge in [-0.1, -0.05) is 75.6 Å². The Balaban J connectivity index is 2.18. The van der Waals surface area contributed by atoms with Crippen LogP contribution in [0.3, 0.4) is 0 Å². The van der Waals surface area contributed by atoms with E-state index in [1.165, 1.54) is 56.9 Å². The van der Waals surface area contributed by atoms with Crippen molar-refractivity contribution in [3.63, 3.8) is 0 Å². The lowest BCUT2D eigenvalue weighted by Crippen LogP contribution is -2.32. The highest BCUT2D eigenvalue weighted by Crippen LogP contribution is 2.12. The molecule has 1 aromatic rings. The highest BCUT2D eigenvalue weighted by Gasteiger charge is 2.13. The fourth-order valence-corrected chi connectivity index (χ4v) is 2.65. The van der Waals surface area contributed by atoms with Crippen LogP contribution in [0.1, 0.15) is 69.4 Å². The Morgan fingerprint density at radius 3 is 2.05 bits per heavy atom. The van der Waals surface area contributed by atoms with Gasteiger partial charge in [0.05, 0.1) is 0 Å². The molecule has 0 aromatic heterocycles. The van der Waals surface area contributed by atoms with Crippen LogP contribution in [0.2, 0.25) is 0 Å². The number of rotatable bonds is 10. The number of hydrogen-bond donors (Lipinski definition) is 2. The van der Waals surface area contributed by atoms with Gasteiger partial charge in [-0.05, 0) is 30.8 Å². The van der Waals surface area contributed by atoms with E-state index < -0.39 is 7.12 Å². The summed E-state index contributed by atoms with van der Waals surface area (Å²) in [7, 11) is -1.35. The Kier molecular flexibility index (Phi) is 8.64. The van der Waals surface area contributed by atoms with Crippen LogP contribution in [0.4, 0.5) is 0 Å². The Hall–Kier alpha value is -0.795. The molecule has 0 bridgehead atoms. The molecule has 0 aliphatic heterocycles. The van der Waals surface area contributed by atoms with E-state index in [1.807, 2.05) is 19.1 Å². The molecule has 0 heterocycles. The molecular formula is C17H29BO2. The maximum atomic E-state index is 9.19. The van der Waals surface area contributed by atoms with E-state index >= 15 is 0 Å². The molecule has 0 fully saturated rings. The number of aryl methyl sites for hydroxylation is 2. The zero-order valence-electron chi connectivity index (χ0n) is 13.1. The minimum atomic E-state index is -1.35. The Morgan fingerprint density at radius 2 is 1.50 bits per heavy atom. The summed E-state index contributed by atoms with van der Waals surface area (Å²) in [6, 6.07) is 5.93. The summed E-state index contributed by atoms with van der Waals surface area (Å²) in [5.74, 6) is 0. The van der Waals surface area contributed by atoms with Gasteiger partial charge in [0.2, 0.25) is 0 Å². The van der Waals surface area contributed by atoms with Crippen molar-refractivity contribution in [2.75, 3.05) is 0 Å². The summed E-state index contributed by atoms with van der Waals surface area (Å²) in [5.41, 5.74) is 2.89. The zero-order valence-corrected chi connectivity index (χ0v) is 13.1. The summed E-state index contributed by atoms with van der Waals surface area (Å²) in [6.07, 6.45) is 11.8. The first-order valence-corrected chi connectivity index (χ1v) is 8.10. The van der Waals surface area contributed by atoms with Gasteiger partial charge in [-0.2, -0.15) is 0 Å². The van der Waals surface area contributed by atoms with Crippen molar-refractivity contribution >= 4 is 12.6 Å². The minimum Gasteiger partial charge on any atom is -0.423 e. The SMILES string of the molecule is CCCCCCCCCCc1ccc(B(O)O)c(C)c1. The highest BCUT2D eigenvalue weighted by molar-refractivity contribution is 6.59. The second-order valence-corrected chi connectivity index (χ2v) is 5.79. The predicted molar refractivity (Wildman–Crippen MR) is 87.3 cm³/mol. The first-order valence-electron chi connectivity index (χ1n) is 8.10. The second-order valence-electron chi connectivity index (χ2n) is 5.79. The van der Waals surface area contributed by atoms with E-state index in [1.54, 1.807) is 0 Å². The molecule has 20 heavy (non-hydrogen) atoms. The van der Waals surface area contributed by atoms with E-state index in [0.717, 1.165) is 12.0 Å². The van der Waals surface area contributed by atoms with Crippen LogP contribution in [-0.2, 0) is 6.42 Å². The average molecular weight is 276 g/mol. The monoisotopic (exact) mass is 276 g/mol. The zero-order chi connectivity index (χ0) is 14.8. The van der Waals surface area contributed by atoms with E-state index in [9.17, 15) is 10.0 Å². The summed E-state index contributed by atoms with van der Waals surface area (Å²) in [4.78, 5) is 0. The molecule has 0 radical (unpaired) electrons. The van der Waals surface area contributed by atoms with Crippen LogP contribution >= 0.6 is 0 Å². The number of hydrogen-bond acceptors (Lipinski definition) is 2. The number of unbranched alkanes of at least 4 members (excludes halogenated alkanes) is 7. The van der Waals surface area contributed by atoms with Gasteiger partial charge >= 0.3 is 7.12 Å². The maximum Gasteiger partial charge on any atom is 0.488 e. The molecule has 0 saturated carbocycles. The van der Waals surface area contributed by atoms with Crippen LogP contribution in [0, 0.1) is 6.92 Å². The molecule has 0 amide bonds. The predicted octanol–water partition coefficient (Wildman–Crippen LogP) is 3.36. The summed E-state index contributed by atoms with van der Waals surface area (Å²) >= 11 is 0. The van der Waals surface area contributed by atoms with E-state index in [-0.39, 0.29) is 0 Å². The molecule has 3 heteroatoms. The Morgan fingerprint density at radius 1 is 0.900 bits per heavy atom. The van der Waals surface area contributed by atoms with Crippen LogP contribution in [0.25, 0.3) is 0 Å². The first kappa shape index (κ1) is 17.3. The standard InChI is InChI=1S/C17H29BO2/c1-3-4-5-6-7-8-9-10-11-16-12-13-17(18(19)20)15(2)14-16/h12-14,19-20H,3-11H2,1-2H3. The highest BCUT2D eigenvalue weighted by atomic mass is 16.4. The average Bonchev–Trinajstić information content (AvgIpc) is 2.41. The van der Waals surface area contributed by atoms with Gasteiger partial charge in [-0.3, -0.25) is 0 Å². The lowest BCUT2D eigenvalue weighted by Gasteiger charge is -2.08. The fourth-order valence-electron chi connectivity index (χ4n) is 2.65. The first-order chi connectivity index (χ1) is 9.65.